The maximum atomic E-state index is 13.9. The second kappa shape index (κ2) is 13.1. The summed E-state index contributed by atoms with van der Waals surface area (Å²) in [6.07, 6.45) is 2.98. The summed E-state index contributed by atoms with van der Waals surface area (Å²) in [5.74, 6) is -2.49. The van der Waals surface area contributed by atoms with Crippen LogP contribution in [0.2, 0.25) is 23.2 Å². The topological polar surface area (TPSA) is 119 Å². The highest BCUT2D eigenvalue weighted by atomic mass is 35.5. The molecule has 3 fully saturated rings. The van der Waals surface area contributed by atoms with Crippen molar-refractivity contribution in [3.63, 3.8) is 0 Å². The van der Waals surface area contributed by atoms with E-state index in [1.165, 1.54) is 19.2 Å². The summed E-state index contributed by atoms with van der Waals surface area (Å²) in [4.78, 5) is 27.2. The van der Waals surface area contributed by atoms with Crippen molar-refractivity contribution in [2.24, 2.45) is 17.8 Å². The van der Waals surface area contributed by atoms with Gasteiger partial charge < -0.3 is 38.0 Å². The molecule has 7 rings (SSSR count). The van der Waals surface area contributed by atoms with Crippen molar-refractivity contribution < 1.29 is 47.5 Å². The third-order valence-electron chi connectivity index (χ3n) is 12.7. The zero-order valence-electron chi connectivity index (χ0n) is 32.5. The van der Waals surface area contributed by atoms with Crippen LogP contribution in [0.15, 0.2) is 77.9 Å². The molecule has 290 valence electrons. The number of ketones is 1. The van der Waals surface area contributed by atoms with E-state index in [-0.39, 0.29) is 40.5 Å². The van der Waals surface area contributed by atoms with Gasteiger partial charge in [-0.1, -0.05) is 88.4 Å². The summed E-state index contributed by atoms with van der Waals surface area (Å²) < 4.78 is 44.3. The average Bonchev–Trinajstić information content (AvgIpc) is 3.39. The molecule has 2 aromatic rings. The first kappa shape index (κ1) is 38.8. The largest absolute Gasteiger partial charge is 0.540 e. The van der Waals surface area contributed by atoms with Crippen molar-refractivity contribution in [2.75, 3.05) is 13.7 Å². The summed E-state index contributed by atoms with van der Waals surface area (Å²) in [6.45, 7) is 20.4. The molecule has 5 aliphatic rings. The summed E-state index contributed by atoms with van der Waals surface area (Å²) in [5, 5.41) is 12.7. The smallest absolute Gasteiger partial charge is 0.514 e. The number of rotatable bonds is 9. The normalized spacial score (nSPS) is 33.9. The molecule has 0 radical (unpaired) electrons. The van der Waals surface area contributed by atoms with Gasteiger partial charge in [0.2, 0.25) is 0 Å². The van der Waals surface area contributed by atoms with Crippen LogP contribution < -0.4 is 13.9 Å². The van der Waals surface area contributed by atoms with Gasteiger partial charge in [0.15, 0.2) is 17.3 Å². The lowest BCUT2D eigenvalue weighted by Crippen LogP contribution is -2.70. The van der Waals surface area contributed by atoms with E-state index in [2.05, 4.69) is 47.4 Å². The fourth-order valence-corrected chi connectivity index (χ4v) is 10.4. The number of aliphatic hydroxyl groups is 1. The number of methoxy groups -OCH3 is 1. The van der Waals surface area contributed by atoms with Gasteiger partial charge in [0, 0.05) is 30.4 Å². The van der Waals surface area contributed by atoms with E-state index in [9.17, 15) is 14.7 Å². The Morgan fingerprint density at radius 3 is 2.48 bits per heavy atom. The van der Waals surface area contributed by atoms with Crippen molar-refractivity contribution in [1.82, 2.24) is 0 Å². The number of hydrogen-bond acceptors (Lipinski definition) is 10. The molecule has 2 saturated heterocycles. The van der Waals surface area contributed by atoms with Crippen LogP contribution in [0.4, 0.5) is 4.79 Å². The van der Waals surface area contributed by atoms with Crippen LogP contribution in [0.3, 0.4) is 0 Å². The van der Waals surface area contributed by atoms with Crippen molar-refractivity contribution in [3.8, 4) is 17.2 Å². The molecule has 0 aromatic heterocycles. The standard InChI is InChI=1S/C42H51ClO10Si/c1-24(2)40-20-26(4)42-30(36(40)50-41(52-40,53-42)22-27-14-12-11-13-15-27)17-28(21-39(46)33(42)16-25(3)35(39)44)23-48-37(45)49-29-18-31(43)34(32(19-29)47-8)51-54(9,10)38(5,6)7/h11-19,26,30,33,36,46H,1,20-23H2,2-10H3/t26-,30+,33-,36?,39-,40-,41?,42?/m1/s1. The van der Waals surface area contributed by atoms with Crippen LogP contribution in [-0.4, -0.2) is 68.0 Å². The predicted octanol–water partition coefficient (Wildman–Crippen LogP) is 8.51. The van der Waals surface area contributed by atoms with Crippen molar-refractivity contribution in [2.45, 2.75) is 108 Å². The van der Waals surface area contributed by atoms with Gasteiger partial charge in [0.05, 0.1) is 24.2 Å². The van der Waals surface area contributed by atoms with Gasteiger partial charge in [-0.2, -0.15) is 0 Å². The summed E-state index contributed by atoms with van der Waals surface area (Å²) in [7, 11) is -0.790. The van der Waals surface area contributed by atoms with Crippen LogP contribution in [-0.2, 0) is 30.2 Å². The molecule has 3 aliphatic carbocycles. The Morgan fingerprint density at radius 1 is 1.13 bits per heavy atom. The van der Waals surface area contributed by atoms with E-state index in [1.54, 1.807) is 6.92 Å². The highest BCUT2D eigenvalue weighted by molar-refractivity contribution is 6.74. The lowest BCUT2D eigenvalue weighted by molar-refractivity contribution is -0.421. The molecule has 54 heavy (non-hydrogen) atoms. The van der Waals surface area contributed by atoms with Gasteiger partial charge in [-0.3, -0.25) is 4.79 Å². The van der Waals surface area contributed by atoms with Crippen LogP contribution in [0.25, 0.3) is 0 Å². The first-order chi connectivity index (χ1) is 25.2. The zero-order valence-corrected chi connectivity index (χ0v) is 34.3. The monoisotopic (exact) mass is 778 g/mol. The van der Waals surface area contributed by atoms with E-state index in [1.807, 2.05) is 49.4 Å². The molecular weight excluding hydrogens is 728 g/mol. The summed E-state index contributed by atoms with van der Waals surface area (Å²) in [5.41, 5.74) is -1.13. The van der Waals surface area contributed by atoms with Crippen LogP contribution >= 0.6 is 11.6 Å². The molecule has 2 aliphatic heterocycles. The number of Topliss-reactive ketones (excluding diaryl/α,β-unsaturated/α-hetero) is 1. The minimum absolute atomic E-state index is 0.0789. The quantitative estimate of drug-likeness (QED) is 0.115. The Labute approximate surface area is 323 Å². The maximum absolute atomic E-state index is 13.9. The van der Waals surface area contributed by atoms with Gasteiger partial charge in [-0.25, -0.2) is 4.79 Å². The fourth-order valence-electron chi connectivity index (χ4n) is 9.03. The minimum Gasteiger partial charge on any atom is -0.540 e. The Balaban J connectivity index is 1.20. The molecule has 2 aromatic carbocycles. The van der Waals surface area contributed by atoms with Crippen LogP contribution in [0.5, 0.6) is 17.2 Å². The van der Waals surface area contributed by atoms with Crippen molar-refractivity contribution in [3.05, 3.63) is 88.5 Å². The third-order valence-corrected chi connectivity index (χ3v) is 17.3. The van der Waals surface area contributed by atoms with Gasteiger partial charge in [-0.05, 0) is 66.6 Å². The molecular formula is C42H51ClO10Si. The number of fused-ring (bicyclic) bond motifs is 2. The van der Waals surface area contributed by atoms with E-state index in [0.29, 0.717) is 35.5 Å². The second-order valence-corrected chi connectivity index (χ2v) is 22.4. The first-order valence-electron chi connectivity index (χ1n) is 18.5. The highest BCUT2D eigenvalue weighted by Gasteiger charge is 2.79. The first-order valence-corrected chi connectivity index (χ1v) is 21.8. The van der Waals surface area contributed by atoms with E-state index < -0.39 is 55.2 Å². The Hall–Kier alpha value is -3.45. The molecule has 3 bridgehead atoms. The number of carbonyl (C=O) groups is 2. The minimum atomic E-state index is -2.28. The number of hydrogen-bond donors (Lipinski definition) is 1. The second-order valence-electron chi connectivity index (χ2n) is 17.3. The molecule has 2 heterocycles. The van der Waals surface area contributed by atoms with Gasteiger partial charge >= 0.3 is 6.16 Å². The van der Waals surface area contributed by atoms with Crippen LogP contribution in [0.1, 0.15) is 59.9 Å². The van der Waals surface area contributed by atoms with E-state index in [0.717, 1.165) is 11.1 Å². The molecule has 3 unspecified atom stereocenters. The predicted molar refractivity (Wildman–Crippen MR) is 205 cm³/mol. The highest BCUT2D eigenvalue weighted by Crippen LogP contribution is 2.68. The molecule has 0 spiro atoms. The summed E-state index contributed by atoms with van der Waals surface area (Å²) in [6, 6.07) is 12.8. The van der Waals surface area contributed by atoms with Crippen molar-refractivity contribution in [1.29, 1.82) is 0 Å². The lowest BCUT2D eigenvalue weighted by Gasteiger charge is -2.59. The number of ether oxygens (including phenoxy) is 6. The van der Waals surface area contributed by atoms with E-state index >= 15 is 0 Å². The molecule has 0 amide bonds. The third kappa shape index (κ3) is 5.97. The number of carbonyl (C=O) groups excluding carboxylic acids is 2. The van der Waals surface area contributed by atoms with Gasteiger partial charge in [0.25, 0.3) is 14.3 Å². The lowest BCUT2D eigenvalue weighted by atomic mass is 9.55. The van der Waals surface area contributed by atoms with Crippen LogP contribution in [0, 0.1) is 17.8 Å². The Bertz CT molecular complexity index is 1950. The summed E-state index contributed by atoms with van der Waals surface area (Å²) >= 11 is 6.66. The maximum Gasteiger partial charge on any atom is 0.514 e. The zero-order chi connectivity index (χ0) is 39.2. The number of halogens is 1. The van der Waals surface area contributed by atoms with Gasteiger partial charge in [-0.15, -0.1) is 0 Å². The Kier molecular flexibility index (Phi) is 9.39. The SMILES string of the molecule is C=C(C)[C@]12C[C@@H](C)C34OC(Cc5ccccc5)(OC1[C@@H]3C=C(COC(=O)Oc1cc(Cl)c(O[Si](C)(C)C(C)(C)C)c(OC)c1)C[C@]1(O)C(=O)C(C)=C[C@@H]41)O2. The molecule has 12 heteroatoms. The molecule has 10 nitrogen and oxygen atoms in total. The number of benzene rings is 2. The molecule has 8 atom stereocenters. The fraction of sp³-hybridized carbons (Fsp3) is 0.524. The average molecular weight is 779 g/mol. The van der Waals surface area contributed by atoms with Gasteiger partial charge in [0.1, 0.15) is 29.7 Å². The molecule has 1 N–H and O–H groups in total. The Morgan fingerprint density at radius 2 is 1.83 bits per heavy atom. The van der Waals surface area contributed by atoms with E-state index in [4.69, 9.17) is 44.4 Å². The molecule has 1 saturated carbocycles. The van der Waals surface area contributed by atoms with Crippen molar-refractivity contribution >= 4 is 31.9 Å².